The SMILES string of the molecule is CN(c1ncnc2[nH]ccc12)[C@H]1C[C@@H](NS(=O)(=O)C2CC(C)(CC#N)C2)C1. The van der Waals surface area contributed by atoms with Crippen LogP contribution in [0.4, 0.5) is 5.82 Å². The van der Waals surface area contributed by atoms with Crippen LogP contribution in [-0.2, 0) is 10.0 Å². The lowest BCUT2D eigenvalue weighted by Crippen LogP contribution is -2.56. The molecule has 2 fully saturated rings. The van der Waals surface area contributed by atoms with E-state index in [1.54, 1.807) is 6.33 Å². The van der Waals surface area contributed by atoms with Crippen molar-refractivity contribution >= 4 is 26.9 Å². The minimum Gasteiger partial charge on any atom is -0.356 e. The molecule has 0 spiro atoms. The van der Waals surface area contributed by atoms with E-state index in [-0.39, 0.29) is 22.7 Å². The second kappa shape index (κ2) is 6.46. The van der Waals surface area contributed by atoms with Crippen molar-refractivity contribution in [2.24, 2.45) is 5.41 Å². The number of hydrogen-bond donors (Lipinski definition) is 2. The normalized spacial score (nSPS) is 30.3. The maximum absolute atomic E-state index is 12.6. The second-order valence-corrected chi connectivity index (χ2v) is 10.2. The summed E-state index contributed by atoms with van der Waals surface area (Å²) in [6, 6.07) is 4.32. The minimum absolute atomic E-state index is 0.0335. The van der Waals surface area contributed by atoms with Crippen LogP contribution >= 0.6 is 0 Å². The van der Waals surface area contributed by atoms with Crippen molar-refractivity contribution in [2.45, 2.75) is 56.4 Å². The first-order valence-corrected chi connectivity index (χ1v) is 10.7. The van der Waals surface area contributed by atoms with Crippen LogP contribution in [0, 0.1) is 16.7 Å². The predicted molar refractivity (Wildman–Crippen MR) is 103 cm³/mol. The van der Waals surface area contributed by atoms with Crippen molar-refractivity contribution < 1.29 is 8.42 Å². The van der Waals surface area contributed by atoms with E-state index >= 15 is 0 Å². The highest BCUT2D eigenvalue weighted by Crippen LogP contribution is 2.46. The largest absolute Gasteiger partial charge is 0.356 e. The summed E-state index contributed by atoms with van der Waals surface area (Å²) in [6.07, 6.45) is 6.45. The molecule has 0 amide bonds. The predicted octanol–water partition coefficient (Wildman–Crippen LogP) is 1.93. The average molecular weight is 388 g/mol. The average Bonchev–Trinajstić information content (AvgIpc) is 3.03. The fourth-order valence-electron chi connectivity index (χ4n) is 4.24. The molecule has 0 atom stereocenters. The molecule has 0 unspecified atom stereocenters. The molecule has 0 bridgehead atoms. The van der Waals surface area contributed by atoms with Gasteiger partial charge in [0.1, 0.15) is 17.8 Å². The third-order valence-electron chi connectivity index (χ3n) is 6.04. The van der Waals surface area contributed by atoms with E-state index in [4.69, 9.17) is 5.26 Å². The molecule has 2 aromatic heterocycles. The highest BCUT2D eigenvalue weighted by Gasteiger charge is 2.48. The quantitative estimate of drug-likeness (QED) is 0.781. The van der Waals surface area contributed by atoms with Gasteiger partial charge in [-0.1, -0.05) is 6.92 Å². The number of H-pyrrole nitrogens is 1. The number of hydrogen-bond acceptors (Lipinski definition) is 6. The van der Waals surface area contributed by atoms with Crippen LogP contribution in [0.1, 0.15) is 39.0 Å². The fraction of sp³-hybridized carbons (Fsp3) is 0.611. The Hall–Kier alpha value is -2.18. The van der Waals surface area contributed by atoms with Gasteiger partial charge in [0.25, 0.3) is 0 Å². The maximum Gasteiger partial charge on any atom is 0.214 e. The number of sulfonamides is 1. The number of aromatic amines is 1. The van der Waals surface area contributed by atoms with Gasteiger partial charge in [0.2, 0.25) is 10.0 Å². The van der Waals surface area contributed by atoms with Crippen molar-refractivity contribution in [3.63, 3.8) is 0 Å². The van der Waals surface area contributed by atoms with Gasteiger partial charge in [0, 0.05) is 31.7 Å². The van der Waals surface area contributed by atoms with Gasteiger partial charge >= 0.3 is 0 Å². The Morgan fingerprint density at radius 3 is 2.85 bits per heavy atom. The summed E-state index contributed by atoms with van der Waals surface area (Å²) in [4.78, 5) is 13.8. The number of nitriles is 1. The van der Waals surface area contributed by atoms with E-state index in [9.17, 15) is 8.42 Å². The molecule has 9 heteroatoms. The zero-order valence-corrected chi connectivity index (χ0v) is 16.3. The van der Waals surface area contributed by atoms with Gasteiger partial charge in [-0.05, 0) is 37.2 Å². The maximum atomic E-state index is 12.6. The van der Waals surface area contributed by atoms with Gasteiger partial charge in [-0.2, -0.15) is 5.26 Å². The summed E-state index contributed by atoms with van der Waals surface area (Å²) in [5.41, 5.74) is 0.652. The van der Waals surface area contributed by atoms with E-state index in [2.05, 4.69) is 30.6 Å². The van der Waals surface area contributed by atoms with E-state index in [1.807, 2.05) is 26.2 Å². The highest BCUT2D eigenvalue weighted by atomic mass is 32.2. The lowest BCUT2D eigenvalue weighted by molar-refractivity contribution is 0.169. The lowest BCUT2D eigenvalue weighted by atomic mass is 9.68. The molecule has 0 aromatic carbocycles. The molecule has 8 nitrogen and oxygen atoms in total. The number of nitrogens with one attached hydrogen (secondary N) is 2. The van der Waals surface area contributed by atoms with Crippen LogP contribution < -0.4 is 9.62 Å². The molecule has 144 valence electrons. The molecule has 2 aliphatic carbocycles. The number of fused-ring (bicyclic) bond motifs is 1. The number of nitrogens with zero attached hydrogens (tertiary/aromatic N) is 4. The van der Waals surface area contributed by atoms with Gasteiger partial charge in [0.15, 0.2) is 0 Å². The zero-order valence-electron chi connectivity index (χ0n) is 15.5. The van der Waals surface area contributed by atoms with Gasteiger partial charge in [-0.3, -0.25) is 0 Å². The van der Waals surface area contributed by atoms with E-state index < -0.39 is 10.0 Å². The molecule has 0 saturated heterocycles. The van der Waals surface area contributed by atoms with Crippen LogP contribution in [0.2, 0.25) is 0 Å². The Balaban J connectivity index is 1.33. The summed E-state index contributed by atoms with van der Waals surface area (Å²) < 4.78 is 28.0. The minimum atomic E-state index is -3.32. The molecule has 2 aromatic rings. The Morgan fingerprint density at radius 2 is 2.15 bits per heavy atom. The summed E-state index contributed by atoms with van der Waals surface area (Å²) in [6.45, 7) is 1.99. The first-order chi connectivity index (χ1) is 12.8. The smallest absolute Gasteiger partial charge is 0.214 e. The second-order valence-electron chi connectivity index (χ2n) is 8.21. The van der Waals surface area contributed by atoms with Crippen molar-refractivity contribution in [1.29, 1.82) is 5.26 Å². The molecule has 0 aliphatic heterocycles. The first-order valence-electron chi connectivity index (χ1n) is 9.20. The molecular formula is C18H24N6O2S. The van der Waals surface area contributed by atoms with Gasteiger partial charge < -0.3 is 9.88 Å². The van der Waals surface area contributed by atoms with Crippen molar-refractivity contribution in [1.82, 2.24) is 19.7 Å². The molecular weight excluding hydrogens is 364 g/mol. The van der Waals surface area contributed by atoms with Crippen LogP contribution in [0.25, 0.3) is 11.0 Å². The standard InChI is InChI=1S/C18H24N6O2S/c1-18(4-5-19)9-14(10-18)27(25,26)23-12-7-13(8-12)24(2)17-15-3-6-20-16(15)21-11-22-17/h3,6,11-14,23H,4,7-10H2,1-2H3,(H,20,21,22)/t12-,13+,14?,18?. The van der Waals surface area contributed by atoms with Crippen LogP contribution in [0.3, 0.4) is 0 Å². The molecule has 4 rings (SSSR count). The first kappa shape index (κ1) is 18.2. The summed E-state index contributed by atoms with van der Waals surface area (Å²) >= 11 is 0. The highest BCUT2D eigenvalue weighted by molar-refractivity contribution is 7.90. The lowest BCUT2D eigenvalue weighted by Gasteiger charge is -2.46. The summed E-state index contributed by atoms with van der Waals surface area (Å²) in [5.74, 6) is 0.860. The monoisotopic (exact) mass is 388 g/mol. The third-order valence-corrected chi connectivity index (χ3v) is 7.92. The number of anilines is 1. The van der Waals surface area contributed by atoms with Crippen molar-refractivity contribution in [3.8, 4) is 6.07 Å². The molecule has 0 radical (unpaired) electrons. The number of rotatable bonds is 6. The third kappa shape index (κ3) is 3.28. The van der Waals surface area contributed by atoms with Crippen LogP contribution in [-0.4, -0.2) is 47.8 Å². The topological polar surface area (TPSA) is 115 Å². The Kier molecular flexibility index (Phi) is 4.35. The summed E-state index contributed by atoms with van der Waals surface area (Å²) in [5, 5.41) is 9.45. The Bertz CT molecular complexity index is 983. The van der Waals surface area contributed by atoms with Crippen molar-refractivity contribution in [3.05, 3.63) is 18.6 Å². The van der Waals surface area contributed by atoms with Gasteiger partial charge in [-0.15, -0.1) is 0 Å². The van der Waals surface area contributed by atoms with E-state index in [1.165, 1.54) is 0 Å². The molecule has 2 saturated carbocycles. The Labute approximate surface area is 159 Å². The molecule has 2 aliphatic rings. The molecule has 2 heterocycles. The van der Waals surface area contributed by atoms with Crippen LogP contribution in [0.15, 0.2) is 18.6 Å². The molecule has 27 heavy (non-hydrogen) atoms. The van der Waals surface area contributed by atoms with Gasteiger partial charge in [-0.25, -0.2) is 23.1 Å². The molecule has 2 N–H and O–H groups in total. The summed E-state index contributed by atoms with van der Waals surface area (Å²) in [7, 11) is -1.33. The van der Waals surface area contributed by atoms with Crippen molar-refractivity contribution in [2.75, 3.05) is 11.9 Å². The number of aromatic nitrogens is 3. The van der Waals surface area contributed by atoms with E-state index in [0.717, 1.165) is 29.7 Å². The zero-order chi connectivity index (χ0) is 19.2. The van der Waals surface area contributed by atoms with Gasteiger partial charge in [0.05, 0.1) is 16.7 Å². The van der Waals surface area contributed by atoms with Crippen LogP contribution in [0.5, 0.6) is 0 Å². The van der Waals surface area contributed by atoms with E-state index in [0.29, 0.717) is 19.3 Å². The fourth-order valence-corrected chi connectivity index (χ4v) is 6.33. The Morgan fingerprint density at radius 1 is 1.41 bits per heavy atom.